The molecule has 0 amide bonds. The fourth-order valence-corrected chi connectivity index (χ4v) is 4.70. The third-order valence-electron chi connectivity index (χ3n) is 6.54. The minimum absolute atomic E-state index is 0.00164. The number of carbonyl (C=O) groups excluding carboxylic acids is 2. The third-order valence-corrected chi connectivity index (χ3v) is 6.54. The number of aliphatic imine (C=N–C) groups is 1. The van der Waals surface area contributed by atoms with E-state index in [0.717, 1.165) is 5.56 Å². The van der Waals surface area contributed by atoms with E-state index in [2.05, 4.69) is 10.1 Å². The molecular formula is C26H30N2O5. The van der Waals surface area contributed by atoms with Gasteiger partial charge < -0.3 is 14.7 Å². The van der Waals surface area contributed by atoms with Crippen molar-refractivity contribution >= 4 is 17.3 Å². The Bertz CT molecular complexity index is 1080. The number of allylic oxidation sites excluding steroid dienone is 2. The quantitative estimate of drug-likeness (QED) is 0.480. The second-order valence-corrected chi connectivity index (χ2v) is 8.79. The topological polar surface area (TPSA) is 113 Å². The van der Waals surface area contributed by atoms with Crippen LogP contribution in [-0.4, -0.2) is 45.3 Å². The normalized spacial score (nSPS) is 22.4. The summed E-state index contributed by atoms with van der Waals surface area (Å²) in [7, 11) is 0. The lowest BCUT2D eigenvalue weighted by Crippen LogP contribution is -2.24. The minimum Gasteiger partial charge on any atom is -0.511 e. The molecule has 2 N–H and O–H groups in total. The van der Waals surface area contributed by atoms with Crippen LogP contribution in [0.15, 0.2) is 51.2 Å². The number of aryl methyl sites for hydroxylation is 1. The zero-order chi connectivity index (χ0) is 23.4. The van der Waals surface area contributed by atoms with Crippen molar-refractivity contribution in [1.29, 1.82) is 0 Å². The number of aliphatic hydroxyl groups is 2. The Morgan fingerprint density at radius 1 is 1.18 bits per heavy atom. The molecule has 0 aliphatic heterocycles. The van der Waals surface area contributed by atoms with Crippen LogP contribution in [0.4, 0.5) is 0 Å². The van der Waals surface area contributed by atoms with E-state index in [4.69, 9.17) is 4.52 Å². The number of rotatable bonds is 7. The SMILES string of the molecule is CCC(CO)N=C1CCCC(=O)/C1=C(/O)CCc1noc2c1C(=O)CC(c1ccccc1)C2. The van der Waals surface area contributed by atoms with E-state index >= 15 is 0 Å². The van der Waals surface area contributed by atoms with Gasteiger partial charge in [-0.15, -0.1) is 0 Å². The van der Waals surface area contributed by atoms with Crippen LogP contribution in [0.1, 0.15) is 78.7 Å². The summed E-state index contributed by atoms with van der Waals surface area (Å²) in [6.07, 6.45) is 3.78. The molecule has 0 radical (unpaired) electrons. The first kappa shape index (κ1) is 23.1. The van der Waals surface area contributed by atoms with Crippen molar-refractivity contribution in [1.82, 2.24) is 5.16 Å². The smallest absolute Gasteiger partial charge is 0.168 e. The molecule has 1 heterocycles. The second kappa shape index (κ2) is 10.3. The fourth-order valence-electron chi connectivity index (χ4n) is 4.70. The van der Waals surface area contributed by atoms with Gasteiger partial charge in [0.25, 0.3) is 0 Å². The van der Waals surface area contributed by atoms with Crippen molar-refractivity contribution in [2.24, 2.45) is 4.99 Å². The number of fused-ring (bicyclic) bond motifs is 1. The predicted octanol–water partition coefficient (Wildman–Crippen LogP) is 4.30. The molecule has 2 atom stereocenters. The lowest BCUT2D eigenvalue weighted by atomic mass is 9.81. The van der Waals surface area contributed by atoms with Crippen molar-refractivity contribution in [3.63, 3.8) is 0 Å². The Labute approximate surface area is 193 Å². The number of Topliss-reactive ketones (excluding diaryl/α,β-unsaturated/α-hetero) is 2. The van der Waals surface area contributed by atoms with E-state index in [1.165, 1.54) is 0 Å². The van der Waals surface area contributed by atoms with Gasteiger partial charge in [-0.2, -0.15) is 0 Å². The lowest BCUT2D eigenvalue weighted by molar-refractivity contribution is -0.115. The van der Waals surface area contributed by atoms with Crippen LogP contribution in [-0.2, 0) is 17.6 Å². The first-order chi connectivity index (χ1) is 16.0. The van der Waals surface area contributed by atoms with Crippen molar-refractivity contribution in [3.05, 3.63) is 64.2 Å². The second-order valence-electron chi connectivity index (χ2n) is 8.79. The van der Waals surface area contributed by atoms with Crippen molar-refractivity contribution in [2.45, 2.75) is 70.3 Å². The lowest BCUT2D eigenvalue weighted by Gasteiger charge is -2.21. The molecule has 1 aromatic carbocycles. The van der Waals surface area contributed by atoms with Gasteiger partial charge in [-0.25, -0.2) is 0 Å². The Balaban J connectivity index is 1.53. The molecule has 2 aliphatic rings. The van der Waals surface area contributed by atoms with Crippen LogP contribution in [0.25, 0.3) is 0 Å². The van der Waals surface area contributed by atoms with Gasteiger partial charge in [0.15, 0.2) is 11.6 Å². The maximum absolute atomic E-state index is 12.9. The third kappa shape index (κ3) is 4.98. The summed E-state index contributed by atoms with van der Waals surface area (Å²) in [5.74, 6) is 0.493. The monoisotopic (exact) mass is 450 g/mol. The fraction of sp³-hybridized carbons (Fsp3) is 0.462. The number of ketones is 2. The molecule has 4 rings (SSSR count). The van der Waals surface area contributed by atoms with Crippen molar-refractivity contribution in [3.8, 4) is 0 Å². The highest BCUT2D eigenvalue weighted by molar-refractivity contribution is 6.24. The zero-order valence-corrected chi connectivity index (χ0v) is 18.9. The van der Waals surface area contributed by atoms with Crippen LogP contribution in [0.2, 0.25) is 0 Å². The van der Waals surface area contributed by atoms with Crippen LogP contribution in [0.3, 0.4) is 0 Å². The summed E-state index contributed by atoms with van der Waals surface area (Å²) in [4.78, 5) is 30.0. The average Bonchev–Trinajstić information content (AvgIpc) is 3.25. The maximum Gasteiger partial charge on any atom is 0.168 e. The number of hydrogen-bond acceptors (Lipinski definition) is 7. The van der Waals surface area contributed by atoms with Gasteiger partial charge in [-0.1, -0.05) is 42.4 Å². The van der Waals surface area contributed by atoms with Crippen LogP contribution in [0.5, 0.6) is 0 Å². The summed E-state index contributed by atoms with van der Waals surface area (Å²) in [5, 5.41) is 24.4. The number of aromatic nitrogens is 1. The molecule has 1 aromatic heterocycles. The van der Waals surface area contributed by atoms with Gasteiger partial charge in [-0.05, 0) is 30.7 Å². The summed E-state index contributed by atoms with van der Waals surface area (Å²) in [6.45, 7) is 1.82. The summed E-state index contributed by atoms with van der Waals surface area (Å²) in [6, 6.07) is 9.63. The Kier molecular flexibility index (Phi) is 7.18. The van der Waals surface area contributed by atoms with Gasteiger partial charge in [0.1, 0.15) is 11.5 Å². The van der Waals surface area contributed by atoms with Gasteiger partial charge in [-0.3, -0.25) is 14.6 Å². The number of nitrogens with zero attached hydrogens (tertiary/aromatic N) is 2. The first-order valence-corrected chi connectivity index (χ1v) is 11.7. The van der Waals surface area contributed by atoms with E-state index < -0.39 is 0 Å². The molecule has 2 aromatic rings. The van der Waals surface area contributed by atoms with Crippen molar-refractivity contribution in [2.75, 3.05) is 6.61 Å². The van der Waals surface area contributed by atoms with Crippen molar-refractivity contribution < 1.29 is 24.3 Å². The summed E-state index contributed by atoms with van der Waals surface area (Å²) < 4.78 is 5.52. The predicted molar refractivity (Wildman–Crippen MR) is 124 cm³/mol. The molecule has 1 saturated carbocycles. The number of carbonyl (C=O) groups is 2. The minimum atomic E-state index is -0.286. The number of aliphatic hydroxyl groups excluding tert-OH is 2. The highest BCUT2D eigenvalue weighted by Crippen LogP contribution is 2.35. The van der Waals surface area contributed by atoms with E-state index in [-0.39, 0.29) is 47.9 Å². The van der Waals surface area contributed by atoms with Crippen LogP contribution < -0.4 is 0 Å². The van der Waals surface area contributed by atoms with Crippen LogP contribution in [0, 0.1) is 0 Å². The van der Waals surface area contributed by atoms with E-state index in [0.29, 0.717) is 67.7 Å². The van der Waals surface area contributed by atoms with Crippen LogP contribution >= 0.6 is 0 Å². The molecule has 0 spiro atoms. The molecule has 7 nitrogen and oxygen atoms in total. The molecular weight excluding hydrogens is 420 g/mol. The molecule has 2 unspecified atom stereocenters. The van der Waals surface area contributed by atoms with Gasteiger partial charge in [0.05, 0.1) is 29.5 Å². The molecule has 0 saturated heterocycles. The summed E-state index contributed by atoms with van der Waals surface area (Å²) in [5.41, 5.74) is 2.98. The Morgan fingerprint density at radius 3 is 2.70 bits per heavy atom. The molecule has 0 bridgehead atoms. The highest BCUT2D eigenvalue weighted by atomic mass is 16.5. The molecule has 1 fully saturated rings. The van der Waals surface area contributed by atoms with Gasteiger partial charge in [0, 0.05) is 37.8 Å². The number of hydrogen-bond donors (Lipinski definition) is 2. The standard InChI is InChI=1S/C26H30N2O5/c1-2-18(15-29)27-19-9-6-10-21(30)25(19)22(31)12-11-20-26-23(32)13-17(14-24(26)33-28-20)16-7-4-3-5-8-16/h3-5,7-8,17-18,29,31H,2,6,9-15H2,1H3/b25-22+,27-19?. The first-order valence-electron chi connectivity index (χ1n) is 11.7. The van der Waals surface area contributed by atoms with Gasteiger partial charge >= 0.3 is 0 Å². The number of benzene rings is 1. The Morgan fingerprint density at radius 2 is 1.97 bits per heavy atom. The average molecular weight is 451 g/mol. The molecule has 174 valence electrons. The highest BCUT2D eigenvalue weighted by Gasteiger charge is 2.33. The largest absolute Gasteiger partial charge is 0.511 e. The molecule has 33 heavy (non-hydrogen) atoms. The van der Waals surface area contributed by atoms with Gasteiger partial charge in [0.2, 0.25) is 0 Å². The summed E-state index contributed by atoms with van der Waals surface area (Å²) >= 11 is 0. The van der Waals surface area contributed by atoms with E-state index in [9.17, 15) is 19.8 Å². The Hall–Kier alpha value is -3.06. The molecule has 7 heteroatoms. The van der Waals surface area contributed by atoms with E-state index in [1.807, 2.05) is 37.3 Å². The molecule has 2 aliphatic carbocycles. The van der Waals surface area contributed by atoms with E-state index in [1.54, 1.807) is 0 Å². The maximum atomic E-state index is 12.9. The zero-order valence-electron chi connectivity index (χ0n) is 18.9.